The molecule has 0 spiro atoms. The number of amidine groups is 1. The fourth-order valence-corrected chi connectivity index (χ4v) is 4.09. The Morgan fingerprint density at radius 2 is 1.82 bits per heavy atom. The van der Waals surface area contributed by atoms with Gasteiger partial charge in [-0.2, -0.15) is 0 Å². The SMILES string of the molecule is CC1=Nc2cccc(-c3ccc(C(=N)N)cc3)c2C(NC=O)N(CCc2ccccc2)C1=O. The highest BCUT2D eigenvalue weighted by molar-refractivity contribution is 6.38. The Morgan fingerprint density at radius 1 is 1.09 bits per heavy atom. The molecule has 0 radical (unpaired) electrons. The highest BCUT2D eigenvalue weighted by atomic mass is 16.2. The maximum atomic E-state index is 13.3. The molecule has 3 aromatic carbocycles. The van der Waals surface area contributed by atoms with Crippen LogP contribution < -0.4 is 11.1 Å². The Bertz CT molecular complexity index is 1220. The minimum absolute atomic E-state index is 0.00755. The van der Waals surface area contributed by atoms with E-state index in [1.165, 1.54) is 0 Å². The van der Waals surface area contributed by atoms with Crippen LogP contribution in [0.3, 0.4) is 0 Å². The Morgan fingerprint density at radius 3 is 2.48 bits per heavy atom. The molecule has 1 heterocycles. The minimum Gasteiger partial charge on any atom is -0.384 e. The molecule has 4 N–H and O–H groups in total. The van der Waals surface area contributed by atoms with Gasteiger partial charge in [0, 0.05) is 17.7 Å². The molecule has 1 atom stereocenters. The highest BCUT2D eigenvalue weighted by Crippen LogP contribution is 2.39. The molecule has 2 amide bonds. The predicted molar refractivity (Wildman–Crippen MR) is 129 cm³/mol. The van der Waals surface area contributed by atoms with Gasteiger partial charge in [-0.3, -0.25) is 15.0 Å². The van der Waals surface area contributed by atoms with Gasteiger partial charge in [0.2, 0.25) is 6.41 Å². The number of aliphatic imine (C=N–C) groups is 1. The van der Waals surface area contributed by atoms with E-state index in [-0.39, 0.29) is 11.7 Å². The zero-order valence-electron chi connectivity index (χ0n) is 18.3. The molecule has 3 aromatic rings. The molecule has 33 heavy (non-hydrogen) atoms. The summed E-state index contributed by atoms with van der Waals surface area (Å²) in [5.41, 5.74) is 10.8. The highest BCUT2D eigenvalue weighted by Gasteiger charge is 2.33. The molecular formula is C26H25N5O2. The number of hydrogen-bond acceptors (Lipinski definition) is 4. The van der Waals surface area contributed by atoms with E-state index in [2.05, 4.69) is 10.3 Å². The summed E-state index contributed by atoms with van der Waals surface area (Å²) in [6.45, 7) is 2.11. The van der Waals surface area contributed by atoms with Crippen LogP contribution in [0.25, 0.3) is 11.1 Å². The monoisotopic (exact) mass is 439 g/mol. The summed E-state index contributed by atoms with van der Waals surface area (Å²) in [7, 11) is 0. The van der Waals surface area contributed by atoms with Gasteiger partial charge in [0.05, 0.1) is 5.69 Å². The molecule has 1 unspecified atom stereocenters. The molecular weight excluding hydrogens is 414 g/mol. The van der Waals surface area contributed by atoms with E-state index in [1.54, 1.807) is 24.0 Å². The van der Waals surface area contributed by atoms with Crippen molar-refractivity contribution in [1.29, 1.82) is 5.41 Å². The smallest absolute Gasteiger partial charge is 0.269 e. The fraction of sp³-hybridized carbons (Fsp3) is 0.154. The Kier molecular flexibility index (Phi) is 6.31. The fourth-order valence-electron chi connectivity index (χ4n) is 4.09. The predicted octanol–water partition coefficient (Wildman–Crippen LogP) is 3.56. The summed E-state index contributed by atoms with van der Waals surface area (Å²) in [6.07, 6.45) is 0.577. The Labute approximate surface area is 192 Å². The molecule has 0 saturated heterocycles. The van der Waals surface area contributed by atoms with E-state index in [0.717, 1.165) is 22.3 Å². The third-order valence-electron chi connectivity index (χ3n) is 5.74. The lowest BCUT2D eigenvalue weighted by atomic mass is 9.94. The third-order valence-corrected chi connectivity index (χ3v) is 5.74. The van der Waals surface area contributed by atoms with E-state index in [0.29, 0.717) is 36.3 Å². The number of nitrogen functional groups attached to an aromatic ring is 1. The van der Waals surface area contributed by atoms with E-state index in [4.69, 9.17) is 11.1 Å². The first-order valence-electron chi connectivity index (χ1n) is 10.7. The van der Waals surface area contributed by atoms with Gasteiger partial charge in [-0.05, 0) is 36.1 Å². The standard InChI is InChI=1S/C26H25N5O2/c1-17-26(33)31(15-14-18-6-3-2-4-7-18)25(29-16-32)23-21(8-5-9-22(23)30-17)19-10-12-20(13-11-19)24(27)28/h2-13,16,25H,14-15H2,1H3,(H3,27,28)(H,29,32). The first-order valence-corrected chi connectivity index (χ1v) is 10.7. The average Bonchev–Trinajstić information content (AvgIpc) is 2.93. The zero-order valence-corrected chi connectivity index (χ0v) is 18.3. The lowest BCUT2D eigenvalue weighted by Gasteiger charge is -2.32. The number of nitrogens with one attached hydrogen (secondary N) is 2. The van der Waals surface area contributed by atoms with Gasteiger partial charge in [-0.1, -0.05) is 66.7 Å². The van der Waals surface area contributed by atoms with Gasteiger partial charge in [0.15, 0.2) is 0 Å². The van der Waals surface area contributed by atoms with Gasteiger partial charge in [-0.25, -0.2) is 4.99 Å². The quantitative estimate of drug-likeness (QED) is 0.297. The summed E-state index contributed by atoms with van der Waals surface area (Å²) in [4.78, 5) is 31.2. The summed E-state index contributed by atoms with van der Waals surface area (Å²) in [5, 5.41) is 10.5. The molecule has 7 heteroatoms. The number of fused-ring (bicyclic) bond motifs is 1. The van der Waals surface area contributed by atoms with Crippen molar-refractivity contribution in [2.24, 2.45) is 10.7 Å². The molecule has 7 nitrogen and oxygen atoms in total. The lowest BCUT2D eigenvalue weighted by molar-refractivity contribution is -0.127. The van der Waals surface area contributed by atoms with E-state index >= 15 is 0 Å². The number of carbonyl (C=O) groups is 2. The van der Waals surface area contributed by atoms with Crippen LogP contribution in [0.5, 0.6) is 0 Å². The van der Waals surface area contributed by atoms with Crippen LogP contribution in [-0.2, 0) is 16.0 Å². The Balaban J connectivity index is 1.80. The van der Waals surface area contributed by atoms with Crippen molar-refractivity contribution >= 4 is 29.6 Å². The summed E-state index contributed by atoms with van der Waals surface area (Å²) < 4.78 is 0. The van der Waals surface area contributed by atoms with Gasteiger partial charge in [0.25, 0.3) is 5.91 Å². The number of nitrogens with zero attached hydrogens (tertiary/aromatic N) is 2. The van der Waals surface area contributed by atoms with E-state index in [1.807, 2.05) is 60.7 Å². The minimum atomic E-state index is -0.682. The number of rotatable bonds is 7. The summed E-state index contributed by atoms with van der Waals surface area (Å²) in [6, 6.07) is 22.9. The molecule has 0 aliphatic carbocycles. The molecule has 0 saturated carbocycles. The molecule has 0 fully saturated rings. The first kappa shape index (κ1) is 22.0. The maximum Gasteiger partial charge on any atom is 0.269 e. The largest absolute Gasteiger partial charge is 0.384 e. The second-order valence-electron chi connectivity index (χ2n) is 7.85. The van der Waals surface area contributed by atoms with Crippen LogP contribution in [0, 0.1) is 5.41 Å². The number of benzene rings is 3. The van der Waals surface area contributed by atoms with Crippen molar-refractivity contribution < 1.29 is 9.59 Å². The summed E-state index contributed by atoms with van der Waals surface area (Å²) >= 11 is 0. The molecule has 1 aliphatic rings. The average molecular weight is 440 g/mol. The lowest BCUT2D eigenvalue weighted by Crippen LogP contribution is -2.44. The normalized spacial score (nSPS) is 15.3. The van der Waals surface area contributed by atoms with Crippen LogP contribution >= 0.6 is 0 Å². The summed E-state index contributed by atoms with van der Waals surface area (Å²) in [5.74, 6) is -0.230. The molecule has 1 aliphatic heterocycles. The number of amides is 2. The van der Waals surface area contributed by atoms with Crippen molar-refractivity contribution in [3.05, 3.63) is 89.5 Å². The van der Waals surface area contributed by atoms with Crippen molar-refractivity contribution in [3.8, 4) is 11.1 Å². The number of nitrogens with two attached hydrogens (primary N) is 1. The molecule has 0 bridgehead atoms. The molecule has 4 rings (SSSR count). The van der Waals surface area contributed by atoms with Gasteiger partial charge >= 0.3 is 0 Å². The van der Waals surface area contributed by atoms with Crippen LogP contribution in [0.1, 0.15) is 29.8 Å². The first-order chi connectivity index (χ1) is 16.0. The van der Waals surface area contributed by atoms with E-state index in [9.17, 15) is 9.59 Å². The van der Waals surface area contributed by atoms with Crippen LogP contribution in [0.2, 0.25) is 0 Å². The van der Waals surface area contributed by atoms with Gasteiger partial charge < -0.3 is 16.0 Å². The molecule has 166 valence electrons. The van der Waals surface area contributed by atoms with Crippen LogP contribution in [0.4, 0.5) is 5.69 Å². The van der Waals surface area contributed by atoms with Crippen LogP contribution in [0.15, 0.2) is 77.8 Å². The Hall–Kier alpha value is -4.26. The second kappa shape index (κ2) is 9.48. The number of carbonyl (C=O) groups excluding carboxylic acids is 2. The van der Waals surface area contributed by atoms with Crippen molar-refractivity contribution in [3.63, 3.8) is 0 Å². The van der Waals surface area contributed by atoms with Crippen molar-refractivity contribution in [2.75, 3.05) is 6.54 Å². The maximum absolute atomic E-state index is 13.3. The van der Waals surface area contributed by atoms with Crippen LogP contribution in [-0.4, -0.2) is 35.3 Å². The van der Waals surface area contributed by atoms with Crippen molar-refractivity contribution in [2.45, 2.75) is 19.5 Å². The van der Waals surface area contributed by atoms with Gasteiger partial charge in [-0.15, -0.1) is 0 Å². The topological polar surface area (TPSA) is 112 Å². The van der Waals surface area contributed by atoms with Gasteiger partial charge in [0.1, 0.15) is 17.7 Å². The number of hydrogen-bond donors (Lipinski definition) is 3. The van der Waals surface area contributed by atoms with E-state index < -0.39 is 6.17 Å². The van der Waals surface area contributed by atoms with Crippen molar-refractivity contribution in [1.82, 2.24) is 10.2 Å². The second-order valence-corrected chi connectivity index (χ2v) is 7.85. The molecule has 0 aromatic heterocycles. The third kappa shape index (κ3) is 4.52. The zero-order chi connectivity index (χ0) is 23.4.